The van der Waals surface area contributed by atoms with E-state index in [9.17, 15) is 8.78 Å². The lowest BCUT2D eigenvalue weighted by Gasteiger charge is -2.31. The van der Waals surface area contributed by atoms with Gasteiger partial charge in [-0.15, -0.1) is 0 Å². The van der Waals surface area contributed by atoms with Crippen LogP contribution in [0, 0.1) is 18.6 Å². The molecule has 0 amide bonds. The summed E-state index contributed by atoms with van der Waals surface area (Å²) in [6, 6.07) is 2.72. The quantitative estimate of drug-likeness (QED) is 0.558. The average Bonchev–Trinajstić information content (AvgIpc) is 3.24. The van der Waals surface area contributed by atoms with Crippen LogP contribution in [0.1, 0.15) is 25.2 Å². The monoisotopic (exact) mass is 396 g/mol. The Kier molecular flexibility index (Phi) is 3.79. The molecule has 0 radical (unpaired) electrons. The standard InChI is InChI=1S/C20H18F2N6O/c1-10-4-12(13-7-24-26-19(13)25-10)16-15-8-29-20(2,3)9-28(15)27-18(16)17-14(22)5-11(21)6-23-17/h4-7H,8-9H2,1-3H3,(H,24,25,26). The Labute approximate surface area is 164 Å². The zero-order valence-corrected chi connectivity index (χ0v) is 16.1. The fourth-order valence-electron chi connectivity index (χ4n) is 3.75. The van der Waals surface area contributed by atoms with Crippen molar-refractivity contribution in [2.75, 3.05) is 0 Å². The molecule has 0 spiro atoms. The highest BCUT2D eigenvalue weighted by Crippen LogP contribution is 2.40. The van der Waals surface area contributed by atoms with Gasteiger partial charge in [-0.1, -0.05) is 0 Å². The summed E-state index contributed by atoms with van der Waals surface area (Å²) in [5.74, 6) is -1.51. The lowest BCUT2D eigenvalue weighted by atomic mass is 9.97. The van der Waals surface area contributed by atoms with E-state index < -0.39 is 17.2 Å². The molecule has 0 unspecified atom stereocenters. The predicted molar refractivity (Wildman–Crippen MR) is 102 cm³/mol. The Morgan fingerprint density at radius 1 is 1.17 bits per heavy atom. The lowest BCUT2D eigenvalue weighted by Crippen LogP contribution is -2.36. The molecule has 4 aromatic rings. The Morgan fingerprint density at radius 3 is 2.79 bits per heavy atom. The molecule has 5 rings (SSSR count). The van der Waals surface area contributed by atoms with Crippen molar-refractivity contribution < 1.29 is 13.5 Å². The molecule has 1 N–H and O–H groups in total. The van der Waals surface area contributed by atoms with Gasteiger partial charge < -0.3 is 4.74 Å². The highest BCUT2D eigenvalue weighted by atomic mass is 19.1. The van der Waals surface area contributed by atoms with Crippen LogP contribution in [-0.2, 0) is 17.9 Å². The second kappa shape index (κ2) is 6.15. The van der Waals surface area contributed by atoms with Crippen molar-refractivity contribution in [3.8, 4) is 22.5 Å². The van der Waals surface area contributed by atoms with E-state index in [4.69, 9.17) is 4.74 Å². The minimum Gasteiger partial charge on any atom is -0.367 e. The second-order valence-corrected chi connectivity index (χ2v) is 7.80. The number of pyridine rings is 2. The second-order valence-electron chi connectivity index (χ2n) is 7.80. The van der Waals surface area contributed by atoms with Gasteiger partial charge in [0, 0.05) is 28.3 Å². The Morgan fingerprint density at radius 2 is 2.00 bits per heavy atom. The van der Waals surface area contributed by atoms with Gasteiger partial charge in [0.25, 0.3) is 0 Å². The maximum atomic E-state index is 14.7. The average molecular weight is 396 g/mol. The fraction of sp³-hybridized carbons (Fsp3) is 0.300. The van der Waals surface area contributed by atoms with Crippen LogP contribution < -0.4 is 0 Å². The number of H-pyrrole nitrogens is 1. The molecule has 0 saturated carbocycles. The van der Waals surface area contributed by atoms with Crippen LogP contribution in [0.5, 0.6) is 0 Å². The van der Waals surface area contributed by atoms with Crippen molar-refractivity contribution in [1.29, 1.82) is 0 Å². The Bertz CT molecular complexity index is 1260. The van der Waals surface area contributed by atoms with Gasteiger partial charge in [-0.3, -0.25) is 9.78 Å². The van der Waals surface area contributed by atoms with Crippen LogP contribution in [0.15, 0.2) is 24.5 Å². The summed E-state index contributed by atoms with van der Waals surface area (Å²) < 4.78 is 36.0. The SMILES string of the molecule is Cc1cc(-c2c(-c3ncc(F)cc3F)nn3c2COC(C)(C)C3)c2cn[nH]c2n1. The van der Waals surface area contributed by atoms with E-state index in [2.05, 4.69) is 25.3 Å². The van der Waals surface area contributed by atoms with Crippen LogP contribution in [0.3, 0.4) is 0 Å². The van der Waals surface area contributed by atoms with E-state index in [0.29, 0.717) is 30.1 Å². The van der Waals surface area contributed by atoms with Crippen molar-refractivity contribution in [3.05, 3.63) is 47.5 Å². The number of halogens is 2. The van der Waals surface area contributed by atoms with Crippen molar-refractivity contribution in [2.24, 2.45) is 0 Å². The number of nitrogens with zero attached hydrogens (tertiary/aromatic N) is 5. The maximum absolute atomic E-state index is 14.7. The third kappa shape index (κ3) is 2.89. The van der Waals surface area contributed by atoms with Crippen LogP contribution in [-0.4, -0.2) is 35.5 Å². The molecule has 4 aromatic heterocycles. The largest absolute Gasteiger partial charge is 0.367 e. The normalized spacial score (nSPS) is 15.6. The molecule has 0 aromatic carbocycles. The van der Waals surface area contributed by atoms with Gasteiger partial charge in [0.1, 0.15) is 17.2 Å². The van der Waals surface area contributed by atoms with Crippen molar-refractivity contribution >= 4 is 11.0 Å². The molecule has 148 valence electrons. The number of hydrogen-bond donors (Lipinski definition) is 1. The zero-order chi connectivity index (χ0) is 20.3. The predicted octanol–water partition coefficient (Wildman–Crippen LogP) is 3.78. The number of fused-ring (bicyclic) bond motifs is 2. The van der Waals surface area contributed by atoms with Crippen molar-refractivity contribution in [2.45, 2.75) is 39.5 Å². The molecular weight excluding hydrogens is 378 g/mol. The van der Waals surface area contributed by atoms with Gasteiger partial charge in [-0.2, -0.15) is 10.2 Å². The first-order valence-corrected chi connectivity index (χ1v) is 9.18. The first-order valence-electron chi connectivity index (χ1n) is 9.18. The molecule has 0 saturated heterocycles. The van der Waals surface area contributed by atoms with Crippen LogP contribution >= 0.6 is 0 Å². The van der Waals surface area contributed by atoms with Crippen LogP contribution in [0.2, 0.25) is 0 Å². The zero-order valence-electron chi connectivity index (χ0n) is 16.1. The van der Waals surface area contributed by atoms with E-state index in [1.54, 1.807) is 6.20 Å². The molecule has 7 nitrogen and oxygen atoms in total. The highest BCUT2D eigenvalue weighted by molar-refractivity contribution is 5.97. The summed E-state index contributed by atoms with van der Waals surface area (Å²) in [7, 11) is 0. The number of hydrogen-bond acceptors (Lipinski definition) is 5. The van der Waals surface area contributed by atoms with Gasteiger partial charge in [-0.05, 0) is 26.8 Å². The van der Waals surface area contributed by atoms with Gasteiger partial charge in [0.05, 0.1) is 36.8 Å². The van der Waals surface area contributed by atoms with Gasteiger partial charge in [0.2, 0.25) is 0 Å². The van der Waals surface area contributed by atoms with E-state index >= 15 is 0 Å². The summed E-state index contributed by atoms with van der Waals surface area (Å²) in [6.45, 7) is 6.61. The van der Waals surface area contributed by atoms with E-state index in [1.807, 2.05) is 31.5 Å². The summed E-state index contributed by atoms with van der Waals surface area (Å²) in [5.41, 5.74) is 3.60. The number of aromatic nitrogens is 6. The van der Waals surface area contributed by atoms with Gasteiger partial charge in [-0.25, -0.2) is 18.7 Å². The van der Waals surface area contributed by atoms with Gasteiger partial charge in [0.15, 0.2) is 11.5 Å². The number of ether oxygens (including phenoxy) is 1. The lowest BCUT2D eigenvalue weighted by molar-refractivity contribution is -0.0657. The van der Waals surface area contributed by atoms with E-state index in [1.165, 1.54) is 0 Å². The molecule has 29 heavy (non-hydrogen) atoms. The molecule has 0 bridgehead atoms. The Balaban J connectivity index is 1.84. The van der Waals surface area contributed by atoms with E-state index in [-0.39, 0.29) is 5.69 Å². The highest BCUT2D eigenvalue weighted by Gasteiger charge is 2.33. The summed E-state index contributed by atoms with van der Waals surface area (Å²) in [5, 5.41) is 12.4. The third-order valence-corrected chi connectivity index (χ3v) is 5.04. The Hall–Kier alpha value is -3.20. The third-order valence-electron chi connectivity index (χ3n) is 5.04. The van der Waals surface area contributed by atoms with Gasteiger partial charge >= 0.3 is 0 Å². The van der Waals surface area contributed by atoms with Crippen LogP contribution in [0.4, 0.5) is 8.78 Å². The molecule has 1 aliphatic rings. The molecule has 5 heterocycles. The molecule has 9 heteroatoms. The number of nitrogens with one attached hydrogen (secondary N) is 1. The number of aromatic amines is 1. The molecule has 0 aliphatic carbocycles. The molecular formula is C20H18F2N6O. The van der Waals surface area contributed by atoms with E-state index in [0.717, 1.165) is 34.6 Å². The first-order chi connectivity index (χ1) is 13.8. The topological polar surface area (TPSA) is 81.5 Å². The maximum Gasteiger partial charge on any atom is 0.155 e. The molecule has 0 fully saturated rings. The molecule has 0 atom stereocenters. The summed E-state index contributed by atoms with van der Waals surface area (Å²) in [6.07, 6.45) is 2.67. The smallest absolute Gasteiger partial charge is 0.155 e. The summed E-state index contributed by atoms with van der Waals surface area (Å²) in [4.78, 5) is 8.46. The minimum absolute atomic E-state index is 0.00721. The molecule has 1 aliphatic heterocycles. The fourth-order valence-corrected chi connectivity index (χ4v) is 3.75. The number of aryl methyl sites for hydroxylation is 1. The minimum atomic E-state index is -0.768. The van der Waals surface area contributed by atoms with Crippen molar-refractivity contribution in [3.63, 3.8) is 0 Å². The first kappa shape index (κ1) is 17.9. The van der Waals surface area contributed by atoms with Crippen molar-refractivity contribution in [1.82, 2.24) is 29.9 Å². The number of rotatable bonds is 2. The van der Waals surface area contributed by atoms with Crippen LogP contribution in [0.25, 0.3) is 33.5 Å². The summed E-state index contributed by atoms with van der Waals surface area (Å²) >= 11 is 0.